The van der Waals surface area contributed by atoms with Gasteiger partial charge in [0, 0.05) is 38.8 Å². The summed E-state index contributed by atoms with van der Waals surface area (Å²) >= 11 is 0. The quantitative estimate of drug-likeness (QED) is 0.764. The van der Waals surface area contributed by atoms with Crippen LogP contribution in [-0.2, 0) is 9.47 Å². The van der Waals surface area contributed by atoms with Crippen LogP contribution in [0.2, 0.25) is 0 Å². The van der Waals surface area contributed by atoms with Crippen LogP contribution in [0.4, 0.5) is 4.79 Å². The summed E-state index contributed by atoms with van der Waals surface area (Å²) in [5, 5.41) is 3.06. The lowest BCUT2D eigenvalue weighted by molar-refractivity contribution is 0.0883. The van der Waals surface area contributed by atoms with Gasteiger partial charge in [0.25, 0.3) is 0 Å². The average molecular weight is 324 g/mol. The Morgan fingerprint density at radius 1 is 1.26 bits per heavy atom. The minimum Gasteiger partial charge on any atom is -0.381 e. The van der Waals surface area contributed by atoms with Crippen LogP contribution in [0.3, 0.4) is 0 Å². The number of amides is 2. The summed E-state index contributed by atoms with van der Waals surface area (Å²) in [6, 6.07) is 0.122. The molecule has 0 unspecified atom stereocenters. The van der Waals surface area contributed by atoms with Crippen molar-refractivity contribution in [2.75, 3.05) is 46.1 Å². The van der Waals surface area contributed by atoms with Crippen LogP contribution in [0.1, 0.15) is 51.4 Å². The number of rotatable bonds is 6. The van der Waals surface area contributed by atoms with E-state index < -0.39 is 0 Å². The molecule has 1 saturated carbocycles. The number of hydrogen-bond acceptors (Lipinski definition) is 3. The van der Waals surface area contributed by atoms with Crippen molar-refractivity contribution in [2.45, 2.75) is 51.4 Å². The van der Waals surface area contributed by atoms with Crippen molar-refractivity contribution in [1.82, 2.24) is 10.2 Å². The molecule has 2 heterocycles. The number of likely N-dealkylation sites (tertiary alicyclic amines) is 1. The smallest absolute Gasteiger partial charge is 0.317 e. The average Bonchev–Trinajstić information content (AvgIpc) is 3.22. The number of carbonyl (C=O) groups is 1. The predicted molar refractivity (Wildman–Crippen MR) is 89.5 cm³/mol. The number of urea groups is 1. The lowest BCUT2D eigenvalue weighted by Crippen LogP contribution is -2.40. The van der Waals surface area contributed by atoms with Gasteiger partial charge < -0.3 is 19.7 Å². The highest BCUT2D eigenvalue weighted by Gasteiger charge is 2.40. The first kappa shape index (κ1) is 17.0. The lowest BCUT2D eigenvalue weighted by atomic mass is 9.73. The highest BCUT2D eigenvalue weighted by molar-refractivity contribution is 5.74. The van der Waals surface area contributed by atoms with E-state index in [1.165, 1.54) is 38.5 Å². The third-order valence-electron chi connectivity index (χ3n) is 5.76. The fourth-order valence-corrected chi connectivity index (χ4v) is 4.26. The van der Waals surface area contributed by atoms with Gasteiger partial charge in [0.1, 0.15) is 0 Å². The Morgan fingerprint density at radius 3 is 2.91 bits per heavy atom. The fraction of sp³-hybridized carbons (Fsp3) is 0.944. The molecule has 0 aromatic heterocycles. The third kappa shape index (κ3) is 4.83. The lowest BCUT2D eigenvalue weighted by Gasteiger charge is -2.33. The normalized spacial score (nSPS) is 26.8. The van der Waals surface area contributed by atoms with Crippen LogP contribution < -0.4 is 5.32 Å². The molecule has 2 amide bonds. The van der Waals surface area contributed by atoms with Crippen molar-refractivity contribution in [3.63, 3.8) is 0 Å². The molecule has 1 aliphatic carbocycles. The molecule has 2 aliphatic heterocycles. The summed E-state index contributed by atoms with van der Waals surface area (Å²) in [4.78, 5) is 14.3. The molecule has 3 fully saturated rings. The van der Waals surface area contributed by atoms with E-state index in [0.717, 1.165) is 52.4 Å². The zero-order valence-corrected chi connectivity index (χ0v) is 14.4. The molecule has 5 heteroatoms. The van der Waals surface area contributed by atoms with Gasteiger partial charge in [-0.1, -0.05) is 19.3 Å². The maximum atomic E-state index is 12.3. The molecule has 0 bridgehead atoms. The van der Waals surface area contributed by atoms with E-state index in [2.05, 4.69) is 5.32 Å². The Balaban J connectivity index is 1.25. The van der Waals surface area contributed by atoms with Crippen LogP contribution in [0, 0.1) is 11.3 Å². The molecule has 132 valence electrons. The van der Waals surface area contributed by atoms with Gasteiger partial charge in [0.05, 0.1) is 13.2 Å². The van der Waals surface area contributed by atoms with E-state index in [1.54, 1.807) is 0 Å². The van der Waals surface area contributed by atoms with Gasteiger partial charge in [-0.25, -0.2) is 4.79 Å². The maximum Gasteiger partial charge on any atom is 0.317 e. The zero-order chi connectivity index (χ0) is 16.0. The molecule has 0 aromatic carbocycles. The summed E-state index contributed by atoms with van der Waals surface area (Å²) in [5.74, 6) is 0.570. The molecule has 0 radical (unpaired) electrons. The van der Waals surface area contributed by atoms with Gasteiger partial charge in [-0.15, -0.1) is 0 Å². The van der Waals surface area contributed by atoms with E-state index in [9.17, 15) is 4.79 Å². The molecule has 1 spiro atoms. The first-order chi connectivity index (χ1) is 11.3. The molecular weight excluding hydrogens is 292 g/mol. The Kier molecular flexibility index (Phi) is 6.17. The highest BCUT2D eigenvalue weighted by Crippen LogP contribution is 2.43. The van der Waals surface area contributed by atoms with Gasteiger partial charge in [0.2, 0.25) is 0 Å². The zero-order valence-electron chi connectivity index (χ0n) is 14.4. The summed E-state index contributed by atoms with van der Waals surface area (Å²) in [6.45, 7) is 5.85. The molecule has 0 aromatic rings. The van der Waals surface area contributed by atoms with E-state index >= 15 is 0 Å². The van der Waals surface area contributed by atoms with Crippen molar-refractivity contribution in [3.8, 4) is 0 Å². The Labute approximate surface area is 140 Å². The number of nitrogens with zero attached hydrogens (tertiary/aromatic N) is 1. The SMILES string of the molecule is O=C(NCCCOC[C@H]1CCOC1)N1CCC2(CCCCC2)C1. The first-order valence-electron chi connectivity index (χ1n) is 9.46. The largest absolute Gasteiger partial charge is 0.381 e. The number of carbonyl (C=O) groups excluding carboxylic acids is 1. The van der Waals surface area contributed by atoms with Crippen molar-refractivity contribution < 1.29 is 14.3 Å². The van der Waals surface area contributed by atoms with Gasteiger partial charge in [0.15, 0.2) is 0 Å². The number of nitrogens with one attached hydrogen (secondary N) is 1. The monoisotopic (exact) mass is 324 g/mol. The van der Waals surface area contributed by atoms with E-state index in [-0.39, 0.29) is 6.03 Å². The Hall–Kier alpha value is -0.810. The van der Waals surface area contributed by atoms with Crippen LogP contribution in [0.5, 0.6) is 0 Å². The Morgan fingerprint density at radius 2 is 2.13 bits per heavy atom. The summed E-state index contributed by atoms with van der Waals surface area (Å²) in [7, 11) is 0. The molecule has 5 nitrogen and oxygen atoms in total. The van der Waals surface area contributed by atoms with E-state index in [0.29, 0.717) is 17.9 Å². The van der Waals surface area contributed by atoms with Crippen LogP contribution in [0.25, 0.3) is 0 Å². The number of hydrogen-bond donors (Lipinski definition) is 1. The van der Waals surface area contributed by atoms with Gasteiger partial charge >= 0.3 is 6.03 Å². The molecule has 1 atom stereocenters. The topological polar surface area (TPSA) is 50.8 Å². The van der Waals surface area contributed by atoms with Crippen molar-refractivity contribution >= 4 is 6.03 Å². The summed E-state index contributed by atoms with van der Waals surface area (Å²) < 4.78 is 11.0. The van der Waals surface area contributed by atoms with E-state index in [1.807, 2.05) is 4.90 Å². The molecule has 3 aliphatic rings. The van der Waals surface area contributed by atoms with E-state index in [4.69, 9.17) is 9.47 Å². The van der Waals surface area contributed by atoms with Crippen LogP contribution >= 0.6 is 0 Å². The number of ether oxygens (including phenoxy) is 2. The van der Waals surface area contributed by atoms with Crippen molar-refractivity contribution in [1.29, 1.82) is 0 Å². The maximum absolute atomic E-state index is 12.3. The standard InChI is InChI=1S/C18H32N2O3/c21-17(19-9-4-11-22-13-16-5-12-23-14-16)20-10-8-18(15-20)6-2-1-3-7-18/h16H,1-15H2,(H,19,21)/t16-/m1/s1. The molecule has 1 N–H and O–H groups in total. The predicted octanol–water partition coefficient (Wildman–Crippen LogP) is 2.80. The third-order valence-corrected chi connectivity index (χ3v) is 5.76. The first-order valence-corrected chi connectivity index (χ1v) is 9.46. The Bertz CT molecular complexity index is 376. The molecule has 2 saturated heterocycles. The fourth-order valence-electron chi connectivity index (χ4n) is 4.26. The highest BCUT2D eigenvalue weighted by atomic mass is 16.5. The second-order valence-corrected chi connectivity index (χ2v) is 7.62. The van der Waals surface area contributed by atoms with Crippen LogP contribution in [0.15, 0.2) is 0 Å². The van der Waals surface area contributed by atoms with Gasteiger partial charge in [-0.05, 0) is 37.5 Å². The minimum absolute atomic E-state index is 0.122. The van der Waals surface area contributed by atoms with Gasteiger partial charge in [-0.3, -0.25) is 0 Å². The minimum atomic E-state index is 0.122. The molecule has 3 rings (SSSR count). The summed E-state index contributed by atoms with van der Waals surface area (Å²) in [6.07, 6.45) is 9.91. The van der Waals surface area contributed by atoms with Crippen molar-refractivity contribution in [3.05, 3.63) is 0 Å². The molecule has 23 heavy (non-hydrogen) atoms. The second kappa shape index (κ2) is 8.34. The second-order valence-electron chi connectivity index (χ2n) is 7.62. The van der Waals surface area contributed by atoms with Crippen LogP contribution in [-0.4, -0.2) is 57.0 Å². The van der Waals surface area contributed by atoms with Crippen molar-refractivity contribution in [2.24, 2.45) is 11.3 Å². The molecular formula is C18H32N2O3. The van der Waals surface area contributed by atoms with Gasteiger partial charge in [-0.2, -0.15) is 0 Å². The summed E-state index contributed by atoms with van der Waals surface area (Å²) in [5.41, 5.74) is 0.446.